The third kappa shape index (κ3) is 10.8. The summed E-state index contributed by atoms with van der Waals surface area (Å²) in [5.41, 5.74) is 5.19. The van der Waals surface area contributed by atoms with Gasteiger partial charge in [-0.05, 0) is 156 Å². The van der Waals surface area contributed by atoms with Crippen LogP contribution in [0.25, 0.3) is 43.1 Å². The van der Waals surface area contributed by atoms with Crippen LogP contribution in [-0.4, -0.2) is 58.5 Å². The standard InChI is InChI=1S/C78H66N2O12/c1-41(2)47-21-15-25-51(31-47)87-61-35-55-67-56(76(84)79(75(55)83)39-65(81)91-59-29-13-11-19-45(59)9)37-63(89-53-27-17-23-49(33-53)43(5)6)71-72-64(90-54-28-18-24-50(34-54)44(7)8)38-58-68-57(77(85)80(78(58)86)40-66(82)92-60-30-14-12-20-46(60)10)36-62(70(74(68)72)69(61)73(67)71)88-52-26-16-22-48(32-52)42(3)4/h11-38,41-44H,39-40H2,1-10H3. The zero-order valence-corrected chi connectivity index (χ0v) is 52.7. The molecule has 2 aliphatic rings. The fourth-order valence-corrected chi connectivity index (χ4v) is 12.4. The number of carbonyl (C=O) groups is 6. The SMILES string of the molecule is Cc1ccccc1OC(=O)CN1C(=O)c2cc(Oc3cccc(C(C)C)c3)c3c4c(Oc5cccc(C(C)C)c5)cc5c6c(cc(Oc7cccc(C(C)C)c7)c(c7c(Oc8cccc(C(C)C)c8)cc(c2c37)C1=O)c64)C(=O)N(CC(=O)Oc1ccccc1C)C5=O. The molecule has 0 N–H and O–H groups in total. The van der Waals surface area contributed by atoms with E-state index < -0.39 is 48.7 Å². The number of ether oxygens (including phenoxy) is 6. The summed E-state index contributed by atoms with van der Waals surface area (Å²) in [7, 11) is 0. The van der Waals surface area contributed by atoms with E-state index in [1.807, 2.05) is 84.9 Å². The number of rotatable bonds is 18. The molecule has 0 aromatic heterocycles. The largest absolute Gasteiger partial charge is 0.457 e. The number of benzene rings is 11. The molecule has 0 saturated carbocycles. The predicted octanol–water partition coefficient (Wildman–Crippen LogP) is 18.4. The van der Waals surface area contributed by atoms with Gasteiger partial charge in [-0.15, -0.1) is 0 Å². The van der Waals surface area contributed by atoms with Crippen molar-refractivity contribution in [3.05, 3.63) is 225 Å². The summed E-state index contributed by atoms with van der Waals surface area (Å²) in [5, 5.41) is 2.26. The second kappa shape index (κ2) is 23.8. The molecule has 11 aromatic carbocycles. The van der Waals surface area contributed by atoms with Gasteiger partial charge in [-0.3, -0.25) is 29.0 Å². The Kier molecular flexibility index (Phi) is 15.6. The summed E-state index contributed by atoms with van der Waals surface area (Å²) in [6.07, 6.45) is 0. The lowest BCUT2D eigenvalue weighted by Gasteiger charge is -2.32. The molecule has 0 bridgehead atoms. The zero-order valence-electron chi connectivity index (χ0n) is 52.7. The number of nitrogens with zero attached hydrogens (tertiary/aromatic N) is 2. The van der Waals surface area contributed by atoms with Crippen LogP contribution in [0.15, 0.2) is 170 Å². The smallest absolute Gasteiger partial charge is 0.331 e. The van der Waals surface area contributed by atoms with Gasteiger partial charge in [0.25, 0.3) is 23.6 Å². The molecular formula is C78H66N2O12. The lowest BCUT2D eigenvalue weighted by Crippen LogP contribution is -2.44. The topological polar surface area (TPSA) is 164 Å². The van der Waals surface area contributed by atoms with Gasteiger partial charge >= 0.3 is 11.9 Å². The van der Waals surface area contributed by atoms with E-state index in [9.17, 15) is 9.59 Å². The summed E-state index contributed by atoms with van der Waals surface area (Å²) in [4.78, 5) is 93.0. The molecule has 0 spiro atoms. The molecule has 92 heavy (non-hydrogen) atoms. The van der Waals surface area contributed by atoms with E-state index in [0.29, 0.717) is 66.4 Å². The minimum absolute atomic E-state index is 0.0125. The number of esters is 2. The maximum atomic E-state index is 15.7. The number of aryl methyl sites for hydroxylation is 2. The van der Waals surface area contributed by atoms with E-state index in [4.69, 9.17) is 28.4 Å². The Morgan fingerprint density at radius 1 is 0.315 bits per heavy atom. The molecule has 0 fully saturated rings. The second-order valence-corrected chi connectivity index (χ2v) is 24.9. The van der Waals surface area contributed by atoms with Gasteiger partial charge in [0.05, 0.1) is 22.3 Å². The third-order valence-electron chi connectivity index (χ3n) is 17.3. The predicted molar refractivity (Wildman–Crippen MR) is 354 cm³/mol. The van der Waals surface area contributed by atoms with Crippen LogP contribution in [0.4, 0.5) is 0 Å². The number of para-hydroxylation sites is 2. The van der Waals surface area contributed by atoms with E-state index in [2.05, 4.69) is 55.4 Å². The summed E-state index contributed by atoms with van der Waals surface area (Å²) < 4.78 is 40.6. The number of amides is 4. The minimum atomic E-state index is -0.856. The third-order valence-corrected chi connectivity index (χ3v) is 17.3. The number of hydrogen-bond donors (Lipinski definition) is 0. The maximum absolute atomic E-state index is 15.7. The van der Waals surface area contributed by atoms with Crippen molar-refractivity contribution >= 4 is 78.7 Å². The molecule has 460 valence electrons. The normalized spacial score (nSPS) is 13.1. The van der Waals surface area contributed by atoms with E-state index in [1.54, 1.807) is 98.8 Å². The van der Waals surface area contributed by atoms with Crippen molar-refractivity contribution in [2.45, 2.75) is 92.9 Å². The first-order valence-corrected chi connectivity index (χ1v) is 30.9. The van der Waals surface area contributed by atoms with Crippen molar-refractivity contribution in [2.75, 3.05) is 13.1 Å². The van der Waals surface area contributed by atoms with Crippen LogP contribution in [0.3, 0.4) is 0 Å². The van der Waals surface area contributed by atoms with E-state index in [0.717, 1.165) is 32.1 Å². The molecule has 0 aliphatic carbocycles. The van der Waals surface area contributed by atoms with Gasteiger partial charge in [0, 0.05) is 43.1 Å². The second-order valence-electron chi connectivity index (χ2n) is 24.9. The first-order chi connectivity index (χ1) is 44.2. The van der Waals surface area contributed by atoms with Crippen molar-refractivity contribution in [2.24, 2.45) is 0 Å². The molecule has 11 aromatic rings. The first-order valence-electron chi connectivity index (χ1n) is 30.9. The number of imide groups is 2. The highest BCUT2D eigenvalue weighted by molar-refractivity contribution is 6.45. The monoisotopic (exact) mass is 1220 g/mol. The van der Waals surface area contributed by atoms with Crippen LogP contribution in [-0.2, 0) is 9.59 Å². The van der Waals surface area contributed by atoms with Gasteiger partial charge in [0.15, 0.2) is 0 Å². The van der Waals surface area contributed by atoms with Crippen molar-refractivity contribution < 1.29 is 57.2 Å². The quantitative estimate of drug-likeness (QED) is 0.0263. The molecule has 2 aliphatic heterocycles. The first kappa shape index (κ1) is 60.1. The van der Waals surface area contributed by atoms with Crippen LogP contribution < -0.4 is 28.4 Å². The Hall–Kier alpha value is -10.9. The minimum Gasteiger partial charge on any atom is -0.457 e. The summed E-state index contributed by atoms with van der Waals surface area (Å²) in [6, 6.07) is 50.5. The highest BCUT2D eigenvalue weighted by atomic mass is 16.5. The molecule has 14 heteroatoms. The molecule has 0 unspecified atom stereocenters. The highest BCUT2D eigenvalue weighted by Gasteiger charge is 2.43. The molecule has 4 amide bonds. The van der Waals surface area contributed by atoms with Gasteiger partial charge in [-0.25, -0.2) is 9.59 Å². The zero-order chi connectivity index (χ0) is 64.5. The molecule has 13 rings (SSSR count). The average molecular weight is 1220 g/mol. The van der Waals surface area contributed by atoms with Crippen molar-refractivity contribution in [3.63, 3.8) is 0 Å². The summed E-state index contributed by atoms with van der Waals surface area (Å²) in [6.45, 7) is 18.6. The van der Waals surface area contributed by atoms with Crippen LogP contribution in [0, 0.1) is 13.8 Å². The van der Waals surface area contributed by atoms with E-state index in [-0.39, 0.29) is 91.2 Å². The molecule has 0 radical (unpaired) electrons. The Labute approximate surface area is 532 Å². The van der Waals surface area contributed by atoms with Crippen molar-refractivity contribution in [3.8, 4) is 57.5 Å². The Balaban J connectivity index is 1.19. The maximum Gasteiger partial charge on any atom is 0.331 e. The Morgan fingerprint density at radius 3 is 0.826 bits per heavy atom. The van der Waals surface area contributed by atoms with Gasteiger partial charge in [-0.1, -0.05) is 140 Å². The summed E-state index contributed by atoms with van der Waals surface area (Å²) in [5.74, 6) is -2.11. The number of hydrogen-bond acceptors (Lipinski definition) is 12. The van der Waals surface area contributed by atoms with E-state index >= 15 is 19.2 Å². The van der Waals surface area contributed by atoms with Gasteiger partial charge in [0.2, 0.25) is 0 Å². The number of fused-ring (bicyclic) bond motifs is 2. The fraction of sp³-hybridized carbons (Fsp3) is 0.205. The number of carbonyl (C=O) groups excluding carboxylic acids is 6. The highest BCUT2D eigenvalue weighted by Crippen LogP contribution is 2.58. The lowest BCUT2D eigenvalue weighted by molar-refractivity contribution is -0.135. The van der Waals surface area contributed by atoms with Crippen molar-refractivity contribution in [1.82, 2.24) is 9.80 Å². The average Bonchev–Trinajstić information content (AvgIpc) is 0.674. The van der Waals surface area contributed by atoms with Crippen molar-refractivity contribution in [1.29, 1.82) is 0 Å². The fourth-order valence-electron chi connectivity index (χ4n) is 12.4. The van der Waals surface area contributed by atoms with Gasteiger partial charge < -0.3 is 28.4 Å². The van der Waals surface area contributed by atoms with Gasteiger partial charge in [0.1, 0.15) is 70.6 Å². The Bertz CT molecular complexity index is 4360. The molecule has 2 heterocycles. The molecule has 14 nitrogen and oxygen atoms in total. The Morgan fingerprint density at radius 2 is 0.576 bits per heavy atom. The van der Waals surface area contributed by atoms with Gasteiger partial charge in [-0.2, -0.15) is 0 Å². The van der Waals surface area contributed by atoms with Crippen LogP contribution in [0.2, 0.25) is 0 Å². The molecular weight excluding hydrogens is 1160 g/mol. The molecule has 0 saturated heterocycles. The lowest BCUT2D eigenvalue weighted by atomic mass is 9.80. The summed E-state index contributed by atoms with van der Waals surface area (Å²) >= 11 is 0. The van der Waals surface area contributed by atoms with Crippen LogP contribution in [0.1, 0.15) is 154 Å². The van der Waals surface area contributed by atoms with E-state index in [1.165, 1.54) is 0 Å². The van der Waals surface area contributed by atoms with Crippen LogP contribution in [0.5, 0.6) is 57.5 Å². The molecule has 0 atom stereocenters. The van der Waals surface area contributed by atoms with Crippen LogP contribution >= 0.6 is 0 Å².